The normalized spacial score (nSPS) is 15.3. The van der Waals surface area contributed by atoms with E-state index in [1.165, 1.54) is 6.20 Å². The van der Waals surface area contributed by atoms with E-state index in [0.29, 0.717) is 23.0 Å². The van der Waals surface area contributed by atoms with Crippen molar-refractivity contribution in [1.29, 1.82) is 0 Å². The first kappa shape index (κ1) is 20.8. The highest BCUT2D eigenvalue weighted by Crippen LogP contribution is 2.30. The van der Waals surface area contributed by atoms with Crippen molar-refractivity contribution in [3.63, 3.8) is 0 Å². The van der Waals surface area contributed by atoms with Gasteiger partial charge in [-0.25, -0.2) is 4.68 Å². The molecule has 0 spiro atoms. The molecule has 0 amide bonds. The van der Waals surface area contributed by atoms with E-state index >= 15 is 0 Å². The summed E-state index contributed by atoms with van der Waals surface area (Å²) < 4.78 is 6.37. The Morgan fingerprint density at radius 1 is 1.17 bits per heavy atom. The van der Waals surface area contributed by atoms with Gasteiger partial charge in [-0.15, -0.1) is 0 Å². The molecule has 9 nitrogen and oxygen atoms in total. The molecule has 0 saturated carbocycles. The van der Waals surface area contributed by atoms with Gasteiger partial charge >= 0.3 is 0 Å². The standard InChI is InChI=1S/C19H19Cl2N5O4/c20-13-4-1-12(2-5-13)3-6-15-23-16(30-24-15)8-26-18(28)17(21)14(7-22-26)25-9-19(29,10-25)11-27/h1-2,4-5,7,27,29H,3,6,8-11H2. The number of halogens is 2. The first-order chi connectivity index (χ1) is 14.4. The average molecular weight is 452 g/mol. The second kappa shape index (κ2) is 8.35. The molecule has 1 aliphatic rings. The van der Waals surface area contributed by atoms with E-state index < -0.39 is 11.2 Å². The predicted molar refractivity (Wildman–Crippen MR) is 110 cm³/mol. The van der Waals surface area contributed by atoms with E-state index in [2.05, 4.69) is 15.2 Å². The zero-order valence-electron chi connectivity index (χ0n) is 15.8. The van der Waals surface area contributed by atoms with Gasteiger partial charge in [-0.1, -0.05) is 40.5 Å². The van der Waals surface area contributed by atoms with Crippen molar-refractivity contribution < 1.29 is 14.7 Å². The fourth-order valence-corrected chi connectivity index (χ4v) is 3.61. The number of aryl methyl sites for hydroxylation is 2. The van der Waals surface area contributed by atoms with Crippen LogP contribution in [0.2, 0.25) is 10.0 Å². The Kier molecular flexibility index (Phi) is 5.79. The van der Waals surface area contributed by atoms with Crippen molar-refractivity contribution in [3.05, 3.63) is 68.1 Å². The Hall–Kier alpha value is -2.46. The van der Waals surface area contributed by atoms with Gasteiger partial charge < -0.3 is 19.6 Å². The van der Waals surface area contributed by atoms with Gasteiger partial charge in [0.15, 0.2) is 5.82 Å². The van der Waals surface area contributed by atoms with Crippen molar-refractivity contribution in [2.24, 2.45) is 0 Å². The minimum atomic E-state index is -1.18. The van der Waals surface area contributed by atoms with Gasteiger partial charge in [0, 0.05) is 11.4 Å². The van der Waals surface area contributed by atoms with Crippen molar-refractivity contribution in [1.82, 2.24) is 19.9 Å². The highest BCUT2D eigenvalue weighted by Gasteiger charge is 2.41. The van der Waals surface area contributed by atoms with Crippen LogP contribution in [-0.2, 0) is 19.4 Å². The third kappa shape index (κ3) is 4.34. The number of aliphatic hydroxyl groups is 2. The van der Waals surface area contributed by atoms with Gasteiger partial charge in [-0.2, -0.15) is 10.1 Å². The molecule has 1 fully saturated rings. The molecule has 1 aromatic carbocycles. The van der Waals surface area contributed by atoms with E-state index in [4.69, 9.17) is 32.8 Å². The molecule has 0 aliphatic carbocycles. The summed E-state index contributed by atoms with van der Waals surface area (Å²) in [5.41, 5.74) is -0.172. The molecule has 0 unspecified atom stereocenters. The lowest BCUT2D eigenvalue weighted by atomic mass is 9.95. The van der Waals surface area contributed by atoms with Crippen molar-refractivity contribution in [2.75, 3.05) is 24.6 Å². The largest absolute Gasteiger partial charge is 0.393 e. The summed E-state index contributed by atoms with van der Waals surface area (Å²) >= 11 is 12.1. The molecule has 0 radical (unpaired) electrons. The Morgan fingerprint density at radius 3 is 2.60 bits per heavy atom. The first-order valence-corrected chi connectivity index (χ1v) is 10.0. The SMILES string of the molecule is O=c1c(Cl)c(N2CC(O)(CO)C2)cnn1Cc1nc(CCc2ccc(Cl)cc2)no1. The Labute approximate surface area is 181 Å². The summed E-state index contributed by atoms with van der Waals surface area (Å²) in [6.07, 6.45) is 2.75. The molecule has 0 atom stereocenters. The van der Waals surface area contributed by atoms with Crippen molar-refractivity contribution in [2.45, 2.75) is 25.0 Å². The van der Waals surface area contributed by atoms with Gasteiger partial charge in [-0.05, 0) is 24.1 Å². The minimum Gasteiger partial charge on any atom is -0.393 e. The second-order valence-corrected chi connectivity index (χ2v) is 8.09. The highest BCUT2D eigenvalue weighted by molar-refractivity contribution is 6.33. The van der Waals surface area contributed by atoms with Crippen LogP contribution < -0.4 is 10.5 Å². The molecular formula is C19H19Cl2N5O4. The highest BCUT2D eigenvalue weighted by atomic mass is 35.5. The molecule has 158 valence electrons. The molecule has 3 aromatic rings. The smallest absolute Gasteiger partial charge is 0.288 e. The summed E-state index contributed by atoms with van der Waals surface area (Å²) in [6, 6.07) is 7.54. The Bertz CT molecular complexity index is 1090. The van der Waals surface area contributed by atoms with Crippen LogP contribution in [0.4, 0.5) is 5.69 Å². The quantitative estimate of drug-likeness (QED) is 0.551. The van der Waals surface area contributed by atoms with E-state index in [1.54, 1.807) is 4.90 Å². The third-order valence-corrected chi connectivity index (χ3v) is 5.52. The molecule has 0 bridgehead atoms. The van der Waals surface area contributed by atoms with Gasteiger partial charge in [0.1, 0.15) is 17.2 Å². The maximum Gasteiger partial charge on any atom is 0.288 e. The average Bonchev–Trinajstić information content (AvgIpc) is 3.16. The first-order valence-electron chi connectivity index (χ1n) is 9.26. The van der Waals surface area contributed by atoms with E-state index in [0.717, 1.165) is 16.7 Å². The molecule has 2 N–H and O–H groups in total. The minimum absolute atomic E-state index is 0.00659. The van der Waals surface area contributed by atoms with Gasteiger partial charge in [0.05, 0.1) is 31.6 Å². The second-order valence-electron chi connectivity index (χ2n) is 7.28. The fourth-order valence-electron chi connectivity index (χ4n) is 3.22. The van der Waals surface area contributed by atoms with Crippen molar-refractivity contribution >= 4 is 28.9 Å². The summed E-state index contributed by atoms with van der Waals surface area (Å²) in [6.45, 7) is -0.0134. The van der Waals surface area contributed by atoms with Crippen LogP contribution in [0, 0.1) is 0 Å². The monoisotopic (exact) mass is 451 g/mol. The maximum absolute atomic E-state index is 12.5. The molecule has 30 heavy (non-hydrogen) atoms. The van der Waals surface area contributed by atoms with Gasteiger partial charge in [0.2, 0.25) is 5.89 Å². The molecule has 4 rings (SSSR count). The third-order valence-electron chi connectivity index (χ3n) is 4.92. The maximum atomic E-state index is 12.5. The van der Waals surface area contributed by atoms with Gasteiger partial charge in [0.25, 0.3) is 5.56 Å². The lowest BCUT2D eigenvalue weighted by molar-refractivity contribution is -0.0360. The molecule has 1 saturated heterocycles. The van der Waals surface area contributed by atoms with Crippen LogP contribution in [-0.4, -0.2) is 55.4 Å². The van der Waals surface area contributed by atoms with Crippen LogP contribution in [0.3, 0.4) is 0 Å². The molecule has 2 aromatic heterocycles. The number of aromatic nitrogens is 4. The summed E-state index contributed by atoms with van der Waals surface area (Å²) in [5, 5.41) is 27.8. The van der Waals surface area contributed by atoms with Crippen LogP contribution in [0.1, 0.15) is 17.3 Å². The molecule has 3 heterocycles. The number of anilines is 1. The zero-order chi connectivity index (χ0) is 21.3. The lowest BCUT2D eigenvalue weighted by Crippen LogP contribution is -2.64. The van der Waals surface area contributed by atoms with Crippen LogP contribution >= 0.6 is 23.2 Å². The summed E-state index contributed by atoms with van der Waals surface area (Å²) in [4.78, 5) is 18.5. The van der Waals surface area contributed by atoms with E-state index in [1.807, 2.05) is 24.3 Å². The van der Waals surface area contributed by atoms with Crippen LogP contribution in [0.5, 0.6) is 0 Å². The van der Waals surface area contributed by atoms with Crippen molar-refractivity contribution in [3.8, 4) is 0 Å². The Morgan fingerprint density at radius 2 is 1.90 bits per heavy atom. The molecule has 11 heteroatoms. The molecular weight excluding hydrogens is 433 g/mol. The summed E-state index contributed by atoms with van der Waals surface area (Å²) in [7, 11) is 0. The number of nitrogens with zero attached hydrogens (tertiary/aromatic N) is 5. The van der Waals surface area contributed by atoms with E-state index in [9.17, 15) is 9.90 Å². The Balaban J connectivity index is 1.40. The van der Waals surface area contributed by atoms with Crippen LogP contribution in [0.25, 0.3) is 0 Å². The number of aliphatic hydroxyl groups excluding tert-OH is 1. The lowest BCUT2D eigenvalue weighted by Gasteiger charge is -2.46. The summed E-state index contributed by atoms with van der Waals surface area (Å²) in [5.74, 6) is 0.776. The number of hydrogen-bond donors (Lipinski definition) is 2. The van der Waals surface area contributed by atoms with E-state index in [-0.39, 0.29) is 37.2 Å². The predicted octanol–water partition coefficient (Wildman–Crippen LogP) is 1.31. The number of rotatable bonds is 7. The number of hydrogen-bond acceptors (Lipinski definition) is 8. The topological polar surface area (TPSA) is 118 Å². The van der Waals surface area contributed by atoms with Crippen LogP contribution in [0.15, 0.2) is 39.8 Å². The molecule has 1 aliphatic heterocycles. The van der Waals surface area contributed by atoms with Gasteiger partial charge in [-0.3, -0.25) is 4.79 Å². The number of β-amino-alcohol motifs (C(OH)–C–C–N with tert-alkyl or cyclic N) is 1. The zero-order valence-corrected chi connectivity index (χ0v) is 17.3. The fraction of sp³-hybridized carbons (Fsp3) is 0.368. The number of benzene rings is 1.